The van der Waals surface area contributed by atoms with Crippen LogP contribution in [-0.2, 0) is 6.54 Å². The van der Waals surface area contributed by atoms with E-state index in [2.05, 4.69) is 28.7 Å². The Hall–Kier alpha value is -1.84. The second-order valence-electron chi connectivity index (χ2n) is 5.68. The topological polar surface area (TPSA) is 29.9 Å². The van der Waals surface area contributed by atoms with Gasteiger partial charge in [0, 0.05) is 12.2 Å². The normalized spacial score (nSPS) is 11.2. The van der Waals surface area contributed by atoms with Crippen LogP contribution in [-0.4, -0.2) is 15.6 Å². The summed E-state index contributed by atoms with van der Waals surface area (Å²) in [7, 11) is 0. The number of aryl methyl sites for hydroxylation is 3. The minimum absolute atomic E-state index is 0.115. The molecule has 1 heterocycles. The van der Waals surface area contributed by atoms with Gasteiger partial charge in [0.2, 0.25) is 5.95 Å². The minimum Gasteiger partial charge on any atom is -0.353 e. The second-order valence-corrected chi connectivity index (χ2v) is 5.68. The van der Waals surface area contributed by atoms with Crippen molar-refractivity contribution < 1.29 is 4.39 Å². The van der Waals surface area contributed by atoms with Crippen molar-refractivity contribution in [1.82, 2.24) is 9.55 Å². The van der Waals surface area contributed by atoms with Crippen molar-refractivity contribution in [3.05, 3.63) is 46.5 Å². The fourth-order valence-corrected chi connectivity index (χ4v) is 2.36. The van der Waals surface area contributed by atoms with Crippen molar-refractivity contribution in [3.8, 4) is 0 Å². The van der Waals surface area contributed by atoms with Gasteiger partial charge in [-0.2, -0.15) is 0 Å². The molecule has 0 atom stereocenters. The smallest absolute Gasteiger partial charge is 0.203 e. The lowest BCUT2D eigenvalue weighted by Crippen LogP contribution is -2.15. The number of benzene rings is 1. The number of aromatic nitrogens is 2. The van der Waals surface area contributed by atoms with Gasteiger partial charge in [0.05, 0.1) is 12.2 Å². The van der Waals surface area contributed by atoms with Gasteiger partial charge in [-0.15, -0.1) is 0 Å². The highest BCUT2D eigenvalue weighted by molar-refractivity contribution is 5.34. The van der Waals surface area contributed by atoms with Gasteiger partial charge in [-0.3, -0.25) is 0 Å². The summed E-state index contributed by atoms with van der Waals surface area (Å²) in [6, 6.07) is 4.13. The largest absolute Gasteiger partial charge is 0.353 e. The number of halogens is 1. The molecule has 0 spiro atoms. The molecule has 0 saturated heterocycles. The molecule has 0 saturated carbocycles. The highest BCUT2D eigenvalue weighted by Crippen LogP contribution is 2.18. The van der Waals surface area contributed by atoms with Gasteiger partial charge in [-0.25, -0.2) is 9.37 Å². The van der Waals surface area contributed by atoms with Crippen LogP contribution < -0.4 is 5.32 Å². The molecule has 1 aromatic carbocycles. The van der Waals surface area contributed by atoms with Crippen LogP contribution >= 0.6 is 0 Å². The lowest BCUT2D eigenvalue weighted by molar-refractivity contribution is 0.607. The summed E-state index contributed by atoms with van der Waals surface area (Å²) in [4.78, 5) is 4.49. The second kappa shape index (κ2) is 5.65. The Bertz CT molecular complexity index is 591. The van der Waals surface area contributed by atoms with Gasteiger partial charge in [0.25, 0.3) is 0 Å². The molecule has 2 rings (SSSR count). The third kappa shape index (κ3) is 3.18. The van der Waals surface area contributed by atoms with Gasteiger partial charge >= 0.3 is 0 Å². The van der Waals surface area contributed by atoms with E-state index in [0.717, 1.165) is 17.2 Å². The zero-order valence-corrected chi connectivity index (χ0v) is 12.8. The maximum Gasteiger partial charge on any atom is 0.203 e. The molecule has 1 aromatic heterocycles. The first-order valence-corrected chi connectivity index (χ1v) is 6.92. The van der Waals surface area contributed by atoms with Crippen LogP contribution in [0.3, 0.4) is 0 Å². The molecule has 0 amide bonds. The first-order chi connectivity index (χ1) is 9.36. The molecule has 0 radical (unpaired) electrons. The van der Waals surface area contributed by atoms with Crippen molar-refractivity contribution >= 4 is 5.95 Å². The van der Waals surface area contributed by atoms with E-state index in [0.29, 0.717) is 23.7 Å². The monoisotopic (exact) mass is 275 g/mol. The molecular formula is C16H22FN3. The Kier molecular flexibility index (Phi) is 4.12. The zero-order chi connectivity index (χ0) is 14.9. The highest BCUT2D eigenvalue weighted by Gasteiger charge is 2.09. The van der Waals surface area contributed by atoms with Gasteiger partial charge in [-0.05, 0) is 51.3 Å². The van der Waals surface area contributed by atoms with E-state index < -0.39 is 0 Å². The molecule has 4 heteroatoms. The lowest BCUT2D eigenvalue weighted by atomic mass is 10.1. The zero-order valence-electron chi connectivity index (χ0n) is 12.8. The number of nitrogens with one attached hydrogen (secondary N) is 1. The average molecular weight is 275 g/mol. The van der Waals surface area contributed by atoms with Crippen molar-refractivity contribution in [2.45, 2.75) is 47.2 Å². The molecule has 2 aromatic rings. The molecule has 0 aliphatic carbocycles. The van der Waals surface area contributed by atoms with E-state index in [4.69, 9.17) is 0 Å². The van der Waals surface area contributed by atoms with Crippen molar-refractivity contribution in [2.75, 3.05) is 5.32 Å². The molecular weight excluding hydrogens is 253 g/mol. The quantitative estimate of drug-likeness (QED) is 0.919. The Morgan fingerprint density at radius 3 is 2.35 bits per heavy atom. The van der Waals surface area contributed by atoms with Gasteiger partial charge in [0.1, 0.15) is 5.82 Å². The number of hydrogen-bond acceptors (Lipinski definition) is 2. The first kappa shape index (κ1) is 14.6. The summed E-state index contributed by atoms with van der Waals surface area (Å²) in [5.41, 5.74) is 3.44. The fraction of sp³-hybridized carbons (Fsp3) is 0.438. The van der Waals surface area contributed by atoms with E-state index in [1.165, 1.54) is 0 Å². The summed E-state index contributed by atoms with van der Waals surface area (Å²) in [5, 5.41) is 3.33. The maximum atomic E-state index is 13.7. The number of hydrogen-bond donors (Lipinski definition) is 1. The SMILES string of the molecule is Cc1cn(Cc2cc(C)c(F)c(C)c2)c(NC(C)C)n1. The van der Waals surface area contributed by atoms with Crippen molar-refractivity contribution in [1.29, 1.82) is 0 Å². The van der Waals surface area contributed by atoms with E-state index in [1.807, 2.05) is 25.3 Å². The predicted octanol–water partition coefficient (Wildman–Crippen LogP) is 3.82. The van der Waals surface area contributed by atoms with Crippen LogP contribution in [0.25, 0.3) is 0 Å². The molecule has 20 heavy (non-hydrogen) atoms. The summed E-state index contributed by atoms with van der Waals surface area (Å²) in [6.07, 6.45) is 2.01. The molecule has 0 unspecified atom stereocenters. The summed E-state index contributed by atoms with van der Waals surface area (Å²) >= 11 is 0. The first-order valence-electron chi connectivity index (χ1n) is 6.92. The Morgan fingerprint density at radius 2 is 1.80 bits per heavy atom. The molecule has 0 aliphatic rings. The lowest BCUT2D eigenvalue weighted by Gasteiger charge is -2.13. The highest BCUT2D eigenvalue weighted by atomic mass is 19.1. The Labute approximate surface area is 119 Å². The van der Waals surface area contributed by atoms with Crippen LogP contribution in [0.2, 0.25) is 0 Å². The summed E-state index contributed by atoms with van der Waals surface area (Å²) in [5.74, 6) is 0.744. The number of nitrogens with zero attached hydrogens (tertiary/aromatic N) is 2. The minimum atomic E-state index is -0.115. The van der Waals surface area contributed by atoms with E-state index in [-0.39, 0.29) is 5.82 Å². The van der Waals surface area contributed by atoms with Gasteiger partial charge in [0.15, 0.2) is 0 Å². The standard InChI is InChI=1S/C16H22FN3/c1-10(2)18-16-19-13(5)8-20(16)9-14-6-11(3)15(17)12(4)7-14/h6-8,10H,9H2,1-5H3,(H,18,19). The number of anilines is 1. The van der Waals surface area contributed by atoms with Crippen LogP contribution in [0.1, 0.15) is 36.2 Å². The summed E-state index contributed by atoms with van der Waals surface area (Å²) < 4.78 is 15.7. The Morgan fingerprint density at radius 1 is 1.20 bits per heavy atom. The van der Waals surface area contributed by atoms with Crippen molar-refractivity contribution in [3.63, 3.8) is 0 Å². The third-order valence-corrected chi connectivity index (χ3v) is 3.16. The molecule has 0 aliphatic heterocycles. The van der Waals surface area contributed by atoms with Crippen LogP contribution in [0.4, 0.5) is 10.3 Å². The maximum absolute atomic E-state index is 13.7. The fourth-order valence-electron chi connectivity index (χ4n) is 2.36. The molecule has 108 valence electrons. The van der Waals surface area contributed by atoms with Crippen LogP contribution in [0, 0.1) is 26.6 Å². The Balaban J connectivity index is 2.30. The van der Waals surface area contributed by atoms with Gasteiger partial charge < -0.3 is 9.88 Å². The number of rotatable bonds is 4. The number of imidazole rings is 1. The van der Waals surface area contributed by atoms with Crippen LogP contribution in [0.15, 0.2) is 18.3 Å². The molecule has 1 N–H and O–H groups in total. The van der Waals surface area contributed by atoms with E-state index >= 15 is 0 Å². The molecule has 0 bridgehead atoms. The van der Waals surface area contributed by atoms with Crippen LogP contribution in [0.5, 0.6) is 0 Å². The third-order valence-electron chi connectivity index (χ3n) is 3.16. The predicted molar refractivity (Wildman–Crippen MR) is 80.7 cm³/mol. The van der Waals surface area contributed by atoms with E-state index in [9.17, 15) is 4.39 Å². The van der Waals surface area contributed by atoms with Gasteiger partial charge in [-0.1, -0.05) is 12.1 Å². The van der Waals surface area contributed by atoms with E-state index in [1.54, 1.807) is 13.8 Å². The average Bonchev–Trinajstić information content (AvgIpc) is 2.65. The molecule has 3 nitrogen and oxygen atoms in total. The van der Waals surface area contributed by atoms with Crippen molar-refractivity contribution in [2.24, 2.45) is 0 Å². The summed E-state index contributed by atoms with van der Waals surface area (Å²) in [6.45, 7) is 10.4. The molecule has 0 fully saturated rings.